The Balaban J connectivity index is 2.56. The number of carbonyl (C=O) groups excluding carboxylic acids is 1. The van der Waals surface area contributed by atoms with Crippen LogP contribution in [0.2, 0.25) is 0 Å². The second-order valence-electron chi connectivity index (χ2n) is 3.77. The molecule has 1 aromatic rings. The number of rotatable bonds is 7. The first-order valence-electron chi connectivity index (χ1n) is 5.67. The Kier molecular flexibility index (Phi) is 5.62. The summed E-state index contributed by atoms with van der Waals surface area (Å²) < 4.78 is 4.80. The summed E-state index contributed by atoms with van der Waals surface area (Å²) >= 11 is 0. The quantitative estimate of drug-likeness (QED) is 0.413. The monoisotopic (exact) mass is 267 g/mol. The van der Waals surface area contributed by atoms with Gasteiger partial charge in [-0.15, -0.1) is 0 Å². The zero-order valence-corrected chi connectivity index (χ0v) is 10.6. The molecule has 0 unspecified atom stereocenters. The van der Waals surface area contributed by atoms with Crippen LogP contribution in [0, 0.1) is 0 Å². The van der Waals surface area contributed by atoms with Crippen LogP contribution in [-0.2, 0) is 9.53 Å². The molecule has 19 heavy (non-hydrogen) atoms. The standard InChI is InChI=1S/C12H17N3O4/c1-19-6-5-14-10(16)7-15-9-4-2-3-8(11(9)13)12(17)18/h2-4,15H,5-7,13H2,1H3,(H,14,16)(H,17,18). The number of ether oxygens (including phenoxy) is 1. The van der Waals surface area contributed by atoms with E-state index in [2.05, 4.69) is 10.6 Å². The van der Waals surface area contributed by atoms with Gasteiger partial charge in [-0.25, -0.2) is 4.79 Å². The average molecular weight is 267 g/mol. The molecule has 7 heteroatoms. The molecule has 104 valence electrons. The van der Waals surface area contributed by atoms with Crippen molar-refractivity contribution in [3.63, 3.8) is 0 Å². The molecule has 0 fully saturated rings. The third-order valence-electron chi connectivity index (χ3n) is 2.40. The zero-order chi connectivity index (χ0) is 14.3. The van der Waals surface area contributed by atoms with E-state index < -0.39 is 5.97 Å². The van der Waals surface area contributed by atoms with E-state index in [4.69, 9.17) is 15.6 Å². The topological polar surface area (TPSA) is 114 Å². The fourth-order valence-corrected chi connectivity index (χ4v) is 1.44. The summed E-state index contributed by atoms with van der Waals surface area (Å²) in [5, 5.41) is 14.3. The van der Waals surface area contributed by atoms with Crippen molar-refractivity contribution in [2.75, 3.05) is 37.9 Å². The van der Waals surface area contributed by atoms with Crippen LogP contribution < -0.4 is 16.4 Å². The van der Waals surface area contributed by atoms with E-state index in [0.717, 1.165) is 0 Å². The summed E-state index contributed by atoms with van der Waals surface area (Å²) in [5.41, 5.74) is 6.23. The normalized spacial score (nSPS) is 9.95. The summed E-state index contributed by atoms with van der Waals surface area (Å²) in [6.45, 7) is 0.862. The summed E-state index contributed by atoms with van der Waals surface area (Å²) in [6.07, 6.45) is 0. The SMILES string of the molecule is COCCNC(=O)CNc1cccc(C(=O)O)c1N. The van der Waals surface area contributed by atoms with Crippen molar-refractivity contribution in [2.24, 2.45) is 0 Å². The van der Waals surface area contributed by atoms with Gasteiger partial charge >= 0.3 is 5.97 Å². The first-order valence-corrected chi connectivity index (χ1v) is 5.67. The van der Waals surface area contributed by atoms with Crippen molar-refractivity contribution >= 4 is 23.3 Å². The first-order chi connectivity index (χ1) is 9.06. The van der Waals surface area contributed by atoms with Crippen LogP contribution in [0.25, 0.3) is 0 Å². The summed E-state index contributed by atoms with van der Waals surface area (Å²) in [7, 11) is 1.54. The van der Waals surface area contributed by atoms with E-state index in [9.17, 15) is 9.59 Å². The number of carboxylic acids is 1. The van der Waals surface area contributed by atoms with Gasteiger partial charge in [0.05, 0.1) is 30.1 Å². The van der Waals surface area contributed by atoms with Gasteiger partial charge in [0, 0.05) is 13.7 Å². The molecule has 0 aromatic heterocycles. The number of amides is 1. The number of aromatic carboxylic acids is 1. The van der Waals surface area contributed by atoms with Crippen LogP contribution in [0.3, 0.4) is 0 Å². The maximum absolute atomic E-state index is 11.4. The number of hydrogen-bond acceptors (Lipinski definition) is 5. The predicted molar refractivity (Wildman–Crippen MR) is 71.2 cm³/mol. The van der Waals surface area contributed by atoms with Crippen LogP contribution in [0.1, 0.15) is 10.4 Å². The molecule has 5 N–H and O–H groups in total. The lowest BCUT2D eigenvalue weighted by atomic mass is 10.1. The summed E-state index contributed by atoms with van der Waals surface area (Å²) in [5.74, 6) is -1.33. The highest BCUT2D eigenvalue weighted by Gasteiger charge is 2.11. The predicted octanol–water partition coefficient (Wildman–Crippen LogP) is 0.142. The molecule has 0 heterocycles. The molecule has 1 amide bonds. The average Bonchev–Trinajstić information content (AvgIpc) is 2.37. The van der Waals surface area contributed by atoms with Gasteiger partial charge in [-0.05, 0) is 12.1 Å². The molecule has 0 spiro atoms. The minimum atomic E-state index is -1.11. The second kappa shape index (κ2) is 7.22. The number of anilines is 2. The fourth-order valence-electron chi connectivity index (χ4n) is 1.44. The van der Waals surface area contributed by atoms with E-state index in [1.165, 1.54) is 6.07 Å². The Morgan fingerprint density at radius 1 is 1.42 bits per heavy atom. The number of methoxy groups -OCH3 is 1. The summed E-state index contributed by atoms with van der Waals surface area (Å²) in [6, 6.07) is 4.58. The molecule has 0 radical (unpaired) electrons. The third kappa shape index (κ3) is 4.47. The van der Waals surface area contributed by atoms with E-state index in [0.29, 0.717) is 18.8 Å². The summed E-state index contributed by atoms with van der Waals surface area (Å²) in [4.78, 5) is 22.3. The maximum atomic E-state index is 11.4. The van der Waals surface area contributed by atoms with Crippen LogP contribution >= 0.6 is 0 Å². The van der Waals surface area contributed by atoms with Crippen molar-refractivity contribution in [1.82, 2.24) is 5.32 Å². The lowest BCUT2D eigenvalue weighted by Gasteiger charge is -2.11. The lowest BCUT2D eigenvalue weighted by Crippen LogP contribution is -2.32. The maximum Gasteiger partial charge on any atom is 0.337 e. The van der Waals surface area contributed by atoms with Crippen molar-refractivity contribution < 1.29 is 19.4 Å². The number of nitrogens with one attached hydrogen (secondary N) is 2. The van der Waals surface area contributed by atoms with E-state index in [1.54, 1.807) is 19.2 Å². The highest BCUT2D eigenvalue weighted by Crippen LogP contribution is 2.22. The molecular formula is C12H17N3O4. The Hall–Kier alpha value is -2.28. The lowest BCUT2D eigenvalue weighted by molar-refractivity contribution is -0.119. The molecule has 0 saturated carbocycles. The molecule has 0 aliphatic carbocycles. The zero-order valence-electron chi connectivity index (χ0n) is 10.6. The van der Waals surface area contributed by atoms with Crippen LogP contribution in [0.4, 0.5) is 11.4 Å². The van der Waals surface area contributed by atoms with Crippen molar-refractivity contribution in [3.05, 3.63) is 23.8 Å². The Bertz CT molecular complexity index is 462. The van der Waals surface area contributed by atoms with Crippen LogP contribution in [0.15, 0.2) is 18.2 Å². The third-order valence-corrected chi connectivity index (χ3v) is 2.40. The van der Waals surface area contributed by atoms with Crippen molar-refractivity contribution in [2.45, 2.75) is 0 Å². The van der Waals surface area contributed by atoms with Crippen molar-refractivity contribution in [3.8, 4) is 0 Å². The number of nitrogens with two attached hydrogens (primary N) is 1. The van der Waals surface area contributed by atoms with Gasteiger partial charge in [0.2, 0.25) is 5.91 Å². The molecular weight excluding hydrogens is 250 g/mol. The molecule has 1 aromatic carbocycles. The van der Waals surface area contributed by atoms with Gasteiger partial charge in [-0.3, -0.25) is 4.79 Å². The molecule has 7 nitrogen and oxygen atoms in total. The number of para-hydroxylation sites is 1. The van der Waals surface area contributed by atoms with E-state index >= 15 is 0 Å². The number of carbonyl (C=O) groups is 2. The van der Waals surface area contributed by atoms with Gasteiger partial charge in [0.15, 0.2) is 0 Å². The van der Waals surface area contributed by atoms with Gasteiger partial charge in [0.1, 0.15) is 0 Å². The molecule has 0 saturated heterocycles. The molecule has 0 aliphatic heterocycles. The first kappa shape index (κ1) is 14.8. The smallest absolute Gasteiger partial charge is 0.337 e. The van der Waals surface area contributed by atoms with Gasteiger partial charge < -0.3 is 26.2 Å². The van der Waals surface area contributed by atoms with Crippen LogP contribution in [-0.4, -0.2) is 43.8 Å². The molecule has 0 aliphatic rings. The fraction of sp³-hybridized carbons (Fsp3) is 0.333. The molecule has 0 atom stereocenters. The molecule has 1 rings (SSSR count). The van der Waals surface area contributed by atoms with E-state index in [-0.39, 0.29) is 23.7 Å². The van der Waals surface area contributed by atoms with E-state index in [1.807, 2.05) is 0 Å². The minimum Gasteiger partial charge on any atom is -0.478 e. The van der Waals surface area contributed by atoms with Gasteiger partial charge in [-0.2, -0.15) is 0 Å². The number of carboxylic acid groups (broad SMARTS) is 1. The molecule has 0 bridgehead atoms. The number of nitrogen functional groups attached to an aromatic ring is 1. The number of hydrogen-bond donors (Lipinski definition) is 4. The van der Waals surface area contributed by atoms with Crippen LogP contribution in [0.5, 0.6) is 0 Å². The Labute approximate surface area is 110 Å². The van der Waals surface area contributed by atoms with Gasteiger partial charge in [-0.1, -0.05) is 6.07 Å². The second-order valence-corrected chi connectivity index (χ2v) is 3.77. The van der Waals surface area contributed by atoms with Gasteiger partial charge in [0.25, 0.3) is 0 Å². The largest absolute Gasteiger partial charge is 0.478 e. The van der Waals surface area contributed by atoms with Crippen molar-refractivity contribution in [1.29, 1.82) is 0 Å². The number of benzene rings is 1. The Morgan fingerprint density at radius 2 is 2.16 bits per heavy atom. The highest BCUT2D eigenvalue weighted by molar-refractivity contribution is 5.97. The Morgan fingerprint density at radius 3 is 2.79 bits per heavy atom. The highest BCUT2D eigenvalue weighted by atomic mass is 16.5. The minimum absolute atomic E-state index is 0.00444.